The number of carbonyl (C=O) groups is 1. The zero-order valence-electron chi connectivity index (χ0n) is 14.3. The average Bonchev–Trinajstić information content (AvgIpc) is 2.43. The van der Waals surface area contributed by atoms with E-state index in [9.17, 15) is 9.90 Å². The molecular formula is C17H30O5. The van der Waals surface area contributed by atoms with Gasteiger partial charge in [0.1, 0.15) is 6.10 Å². The maximum atomic E-state index is 11.1. The van der Waals surface area contributed by atoms with Crippen molar-refractivity contribution in [3.05, 3.63) is 11.6 Å². The van der Waals surface area contributed by atoms with E-state index in [-0.39, 0.29) is 12.3 Å². The second-order valence-corrected chi connectivity index (χ2v) is 6.47. The predicted molar refractivity (Wildman–Crippen MR) is 84.4 cm³/mol. The van der Waals surface area contributed by atoms with Gasteiger partial charge in [-0.2, -0.15) is 0 Å². The Hall–Kier alpha value is -0.910. The van der Waals surface area contributed by atoms with E-state index in [0.717, 1.165) is 37.9 Å². The molecule has 2 unspecified atom stereocenters. The van der Waals surface area contributed by atoms with Crippen LogP contribution in [0.2, 0.25) is 0 Å². The van der Waals surface area contributed by atoms with Gasteiger partial charge in [0.2, 0.25) is 0 Å². The van der Waals surface area contributed by atoms with Gasteiger partial charge in [-0.15, -0.1) is 0 Å². The first kappa shape index (κ1) is 19.1. The first-order valence-electron chi connectivity index (χ1n) is 8.07. The molecule has 5 heteroatoms. The standard InChI is InChI=1S/C17H30O5/c1-13(10-12-21-16-7-5-6-11-20-16)8-9-15(17(3,4)19)22-14(2)18/h10,15-16,19H,5-9,11-12H2,1-4H3/b13-10+. The van der Waals surface area contributed by atoms with Crippen molar-refractivity contribution >= 4 is 5.97 Å². The molecule has 128 valence electrons. The molecule has 1 aliphatic rings. The third-order valence-corrected chi connectivity index (χ3v) is 3.75. The maximum absolute atomic E-state index is 11.1. The van der Waals surface area contributed by atoms with Gasteiger partial charge in [-0.05, 0) is 52.9 Å². The zero-order chi connectivity index (χ0) is 16.6. The van der Waals surface area contributed by atoms with Crippen molar-refractivity contribution in [3.63, 3.8) is 0 Å². The van der Waals surface area contributed by atoms with E-state index in [1.807, 2.05) is 13.0 Å². The Bertz CT molecular complexity index is 364. The molecule has 0 saturated carbocycles. The number of ether oxygens (including phenoxy) is 3. The topological polar surface area (TPSA) is 65.0 Å². The van der Waals surface area contributed by atoms with Crippen LogP contribution >= 0.6 is 0 Å². The van der Waals surface area contributed by atoms with Gasteiger partial charge in [0, 0.05) is 13.5 Å². The van der Waals surface area contributed by atoms with Gasteiger partial charge in [-0.3, -0.25) is 4.79 Å². The third-order valence-electron chi connectivity index (χ3n) is 3.75. The first-order valence-corrected chi connectivity index (χ1v) is 8.07. The number of esters is 1. The Morgan fingerprint density at radius 3 is 2.68 bits per heavy atom. The SMILES string of the molecule is CC(=O)OC(CC/C(C)=C/COC1CCCCO1)C(C)(C)O. The summed E-state index contributed by atoms with van der Waals surface area (Å²) in [6, 6.07) is 0. The van der Waals surface area contributed by atoms with E-state index in [4.69, 9.17) is 14.2 Å². The minimum atomic E-state index is -1.04. The normalized spacial score (nSPS) is 21.5. The maximum Gasteiger partial charge on any atom is 0.303 e. The monoisotopic (exact) mass is 314 g/mol. The molecule has 0 aromatic rings. The minimum Gasteiger partial charge on any atom is -0.460 e. The lowest BCUT2D eigenvalue weighted by Crippen LogP contribution is -2.39. The third kappa shape index (κ3) is 7.92. The van der Waals surface area contributed by atoms with Crippen molar-refractivity contribution in [1.82, 2.24) is 0 Å². The van der Waals surface area contributed by atoms with Gasteiger partial charge in [0.25, 0.3) is 0 Å². The van der Waals surface area contributed by atoms with Crippen LogP contribution < -0.4 is 0 Å². The highest BCUT2D eigenvalue weighted by atomic mass is 16.7. The number of hydrogen-bond acceptors (Lipinski definition) is 5. The van der Waals surface area contributed by atoms with E-state index in [1.54, 1.807) is 13.8 Å². The summed E-state index contributed by atoms with van der Waals surface area (Å²) in [7, 11) is 0. The molecule has 1 N–H and O–H groups in total. The number of hydrogen-bond donors (Lipinski definition) is 1. The second-order valence-electron chi connectivity index (χ2n) is 6.47. The zero-order valence-corrected chi connectivity index (χ0v) is 14.3. The molecule has 22 heavy (non-hydrogen) atoms. The van der Waals surface area contributed by atoms with Crippen molar-refractivity contribution in [1.29, 1.82) is 0 Å². The van der Waals surface area contributed by atoms with Gasteiger partial charge in [-0.1, -0.05) is 11.6 Å². The molecule has 2 atom stereocenters. The van der Waals surface area contributed by atoms with Crippen LogP contribution in [0.15, 0.2) is 11.6 Å². The highest BCUT2D eigenvalue weighted by Crippen LogP contribution is 2.20. The van der Waals surface area contributed by atoms with Crippen LogP contribution in [0, 0.1) is 0 Å². The van der Waals surface area contributed by atoms with Crippen LogP contribution in [0.5, 0.6) is 0 Å². The van der Waals surface area contributed by atoms with Crippen LogP contribution in [-0.4, -0.2) is 42.3 Å². The van der Waals surface area contributed by atoms with Crippen molar-refractivity contribution in [2.75, 3.05) is 13.2 Å². The van der Waals surface area contributed by atoms with Gasteiger partial charge in [0.05, 0.1) is 12.2 Å². The van der Waals surface area contributed by atoms with Crippen LogP contribution in [0.25, 0.3) is 0 Å². The van der Waals surface area contributed by atoms with Crippen LogP contribution in [-0.2, 0) is 19.0 Å². The van der Waals surface area contributed by atoms with Crippen LogP contribution in [0.1, 0.15) is 59.8 Å². The molecule has 0 aromatic heterocycles. The lowest BCUT2D eigenvalue weighted by atomic mass is 9.95. The molecule has 0 aliphatic carbocycles. The lowest BCUT2D eigenvalue weighted by molar-refractivity contribution is -0.160. The van der Waals surface area contributed by atoms with Crippen molar-refractivity contribution < 1.29 is 24.1 Å². The van der Waals surface area contributed by atoms with Crippen LogP contribution in [0.3, 0.4) is 0 Å². The van der Waals surface area contributed by atoms with Crippen LogP contribution in [0.4, 0.5) is 0 Å². The number of allylic oxidation sites excluding steroid dienone is 1. The average molecular weight is 314 g/mol. The Balaban J connectivity index is 2.33. The van der Waals surface area contributed by atoms with Crippen molar-refractivity contribution in [3.8, 4) is 0 Å². The van der Waals surface area contributed by atoms with Gasteiger partial charge in [-0.25, -0.2) is 0 Å². The predicted octanol–water partition coefficient (Wildman–Crippen LogP) is 2.96. The summed E-state index contributed by atoms with van der Waals surface area (Å²) in [6.45, 7) is 7.99. The highest BCUT2D eigenvalue weighted by Gasteiger charge is 2.29. The van der Waals surface area contributed by atoms with Crippen molar-refractivity contribution in [2.45, 2.75) is 77.8 Å². The molecule has 5 nitrogen and oxygen atoms in total. The van der Waals surface area contributed by atoms with Gasteiger partial charge in [0.15, 0.2) is 6.29 Å². The minimum absolute atomic E-state index is 0.0806. The Morgan fingerprint density at radius 1 is 1.41 bits per heavy atom. The Kier molecular flexibility index (Phi) is 8.07. The fourth-order valence-electron chi connectivity index (χ4n) is 2.36. The summed E-state index contributed by atoms with van der Waals surface area (Å²) in [4.78, 5) is 11.1. The largest absolute Gasteiger partial charge is 0.460 e. The molecule has 0 bridgehead atoms. The quantitative estimate of drug-likeness (QED) is 0.551. The molecule has 1 aliphatic heterocycles. The number of aliphatic hydroxyl groups is 1. The van der Waals surface area contributed by atoms with E-state index in [0.29, 0.717) is 13.0 Å². The molecule has 0 spiro atoms. The van der Waals surface area contributed by atoms with Gasteiger partial charge >= 0.3 is 5.97 Å². The molecule has 1 rings (SSSR count). The molecular weight excluding hydrogens is 284 g/mol. The summed E-state index contributed by atoms with van der Waals surface area (Å²) in [5, 5.41) is 10.0. The Morgan fingerprint density at radius 2 is 2.14 bits per heavy atom. The molecule has 0 aromatic carbocycles. The number of rotatable bonds is 8. The fraction of sp³-hybridized carbons (Fsp3) is 0.824. The molecule has 1 fully saturated rings. The highest BCUT2D eigenvalue weighted by molar-refractivity contribution is 5.66. The van der Waals surface area contributed by atoms with Gasteiger partial charge < -0.3 is 19.3 Å². The summed E-state index contributed by atoms with van der Waals surface area (Å²) in [6.07, 6.45) is 6.00. The second kappa shape index (κ2) is 9.28. The molecule has 0 amide bonds. The number of carbonyl (C=O) groups excluding carboxylic acids is 1. The Labute approximate surface area is 133 Å². The summed E-state index contributed by atoms with van der Waals surface area (Å²) in [5.74, 6) is -0.369. The fourth-order valence-corrected chi connectivity index (χ4v) is 2.36. The van der Waals surface area contributed by atoms with E-state index < -0.39 is 11.7 Å². The summed E-state index contributed by atoms with van der Waals surface area (Å²) >= 11 is 0. The lowest BCUT2D eigenvalue weighted by Gasteiger charge is -2.28. The van der Waals surface area contributed by atoms with E-state index in [2.05, 4.69) is 0 Å². The smallest absolute Gasteiger partial charge is 0.303 e. The van der Waals surface area contributed by atoms with Crippen molar-refractivity contribution in [2.24, 2.45) is 0 Å². The molecule has 1 saturated heterocycles. The summed E-state index contributed by atoms with van der Waals surface area (Å²) < 4.78 is 16.4. The summed E-state index contributed by atoms with van der Waals surface area (Å²) in [5.41, 5.74) is 0.107. The van der Waals surface area contributed by atoms with E-state index in [1.165, 1.54) is 6.92 Å². The molecule has 0 radical (unpaired) electrons. The molecule has 1 heterocycles. The first-order chi connectivity index (χ1) is 10.3. The van der Waals surface area contributed by atoms with E-state index >= 15 is 0 Å².